The van der Waals surface area contributed by atoms with E-state index in [-0.39, 0.29) is 0 Å². The lowest BCUT2D eigenvalue weighted by atomic mass is 10.1. The highest BCUT2D eigenvalue weighted by Crippen LogP contribution is 2.29. The number of para-hydroxylation sites is 1. The summed E-state index contributed by atoms with van der Waals surface area (Å²) in [4.78, 5) is 19.7. The molecule has 1 aliphatic heterocycles. The molecule has 2 aromatic heterocycles. The van der Waals surface area contributed by atoms with Crippen LogP contribution in [0.25, 0.3) is 21.8 Å². The second-order valence-electron chi connectivity index (χ2n) is 9.43. The smallest absolute Gasteiger partial charge is 0.323 e. The maximum atomic E-state index is 6.03. The number of aromatic nitrogens is 4. The minimum absolute atomic E-state index is 0.355. The summed E-state index contributed by atoms with van der Waals surface area (Å²) in [5.74, 6) is 1.17. The minimum Gasteiger partial charge on any atom is -0.463 e. The van der Waals surface area contributed by atoms with Crippen molar-refractivity contribution in [3.63, 3.8) is 0 Å². The first-order valence-electron chi connectivity index (χ1n) is 12.7. The Labute approximate surface area is 210 Å². The fraction of sp³-hybridized carbons (Fsp3) is 0.276. The lowest BCUT2D eigenvalue weighted by Crippen LogP contribution is -2.31. The van der Waals surface area contributed by atoms with E-state index in [4.69, 9.17) is 9.72 Å². The molecule has 1 fully saturated rings. The average Bonchev–Trinajstić information content (AvgIpc) is 3.28. The summed E-state index contributed by atoms with van der Waals surface area (Å²) in [6, 6.07) is 23.5. The SMILES string of the molecule is Cc1ccc(CCOc2nc(Nc3ccc4[nH]c5ccccc5c4c3)nc(N3CCCCC3)n2)cc1. The molecule has 1 saturated heterocycles. The molecule has 7 heteroatoms. The van der Waals surface area contributed by atoms with Gasteiger partial charge in [0.15, 0.2) is 0 Å². The summed E-state index contributed by atoms with van der Waals surface area (Å²) in [5, 5.41) is 5.76. The number of aryl methyl sites for hydroxylation is 1. The molecule has 0 spiro atoms. The number of hydrogen-bond donors (Lipinski definition) is 2. The largest absolute Gasteiger partial charge is 0.463 e. The zero-order valence-electron chi connectivity index (χ0n) is 20.5. The molecule has 2 N–H and O–H groups in total. The van der Waals surface area contributed by atoms with Crippen LogP contribution >= 0.6 is 0 Å². The Hall–Kier alpha value is -4.13. The van der Waals surface area contributed by atoms with Crippen molar-refractivity contribution in [3.05, 3.63) is 77.9 Å². The summed E-state index contributed by atoms with van der Waals surface area (Å²) in [5.41, 5.74) is 5.64. The minimum atomic E-state index is 0.355. The van der Waals surface area contributed by atoms with Gasteiger partial charge in [0.05, 0.1) is 6.61 Å². The number of nitrogens with one attached hydrogen (secondary N) is 2. The quantitative estimate of drug-likeness (QED) is 0.291. The summed E-state index contributed by atoms with van der Waals surface area (Å²) < 4.78 is 6.03. The van der Waals surface area contributed by atoms with Crippen LogP contribution in [0.3, 0.4) is 0 Å². The van der Waals surface area contributed by atoms with Crippen LogP contribution in [-0.2, 0) is 6.42 Å². The third-order valence-corrected chi connectivity index (χ3v) is 6.75. The number of fused-ring (bicyclic) bond motifs is 3. The van der Waals surface area contributed by atoms with E-state index in [9.17, 15) is 0 Å². The van der Waals surface area contributed by atoms with E-state index in [0.717, 1.165) is 54.5 Å². The van der Waals surface area contributed by atoms with Gasteiger partial charge in [0.25, 0.3) is 0 Å². The van der Waals surface area contributed by atoms with Gasteiger partial charge in [-0.1, -0.05) is 48.0 Å². The predicted molar refractivity (Wildman–Crippen MR) is 145 cm³/mol. The van der Waals surface area contributed by atoms with Crippen LogP contribution in [0.5, 0.6) is 6.01 Å². The van der Waals surface area contributed by atoms with E-state index < -0.39 is 0 Å². The van der Waals surface area contributed by atoms with Crippen molar-refractivity contribution in [2.45, 2.75) is 32.6 Å². The topological polar surface area (TPSA) is 79.0 Å². The molecular formula is C29H30N6O. The average molecular weight is 479 g/mol. The Bertz CT molecular complexity index is 1490. The second-order valence-corrected chi connectivity index (χ2v) is 9.43. The first-order chi connectivity index (χ1) is 17.7. The third kappa shape index (κ3) is 4.82. The Morgan fingerprint density at radius 1 is 0.861 bits per heavy atom. The van der Waals surface area contributed by atoms with Crippen molar-refractivity contribution in [2.24, 2.45) is 0 Å². The molecule has 0 atom stereocenters. The fourth-order valence-corrected chi connectivity index (χ4v) is 4.77. The fourth-order valence-electron chi connectivity index (χ4n) is 4.77. The van der Waals surface area contributed by atoms with Crippen molar-refractivity contribution in [3.8, 4) is 6.01 Å². The normalized spacial score (nSPS) is 13.9. The first kappa shape index (κ1) is 22.3. The van der Waals surface area contributed by atoms with Gasteiger partial charge >= 0.3 is 6.01 Å². The van der Waals surface area contributed by atoms with Crippen molar-refractivity contribution in [2.75, 3.05) is 29.9 Å². The number of aromatic amines is 1. The van der Waals surface area contributed by atoms with Gasteiger partial charge in [0.2, 0.25) is 11.9 Å². The second kappa shape index (κ2) is 9.85. The van der Waals surface area contributed by atoms with Gasteiger partial charge in [-0.25, -0.2) is 0 Å². The maximum absolute atomic E-state index is 6.03. The molecule has 0 aliphatic carbocycles. The highest BCUT2D eigenvalue weighted by molar-refractivity contribution is 6.08. The van der Waals surface area contributed by atoms with E-state index in [1.54, 1.807) is 0 Å². The van der Waals surface area contributed by atoms with Crippen molar-refractivity contribution < 1.29 is 4.74 Å². The molecule has 0 amide bonds. The Morgan fingerprint density at radius 2 is 1.67 bits per heavy atom. The molecule has 0 unspecified atom stereocenters. The molecule has 0 saturated carbocycles. The summed E-state index contributed by atoms with van der Waals surface area (Å²) in [6.07, 6.45) is 4.34. The number of hydrogen-bond acceptors (Lipinski definition) is 6. The number of rotatable bonds is 7. The van der Waals surface area contributed by atoms with Crippen LogP contribution in [0.15, 0.2) is 66.7 Å². The van der Waals surface area contributed by atoms with E-state index >= 15 is 0 Å². The molecule has 7 nitrogen and oxygen atoms in total. The first-order valence-corrected chi connectivity index (χ1v) is 12.7. The molecule has 0 bridgehead atoms. The molecule has 5 aromatic rings. The molecule has 6 rings (SSSR count). The van der Waals surface area contributed by atoms with E-state index in [0.29, 0.717) is 24.5 Å². The Kier molecular flexibility index (Phi) is 6.11. The van der Waals surface area contributed by atoms with Crippen molar-refractivity contribution in [1.82, 2.24) is 19.9 Å². The van der Waals surface area contributed by atoms with Crippen LogP contribution in [0, 0.1) is 6.92 Å². The summed E-state index contributed by atoms with van der Waals surface area (Å²) in [7, 11) is 0. The van der Waals surface area contributed by atoms with E-state index in [1.165, 1.54) is 22.9 Å². The van der Waals surface area contributed by atoms with Crippen LogP contribution in [0.4, 0.5) is 17.6 Å². The van der Waals surface area contributed by atoms with Gasteiger partial charge in [0, 0.05) is 47.0 Å². The molecule has 3 heterocycles. The van der Waals surface area contributed by atoms with Gasteiger partial charge in [-0.05, 0) is 56.0 Å². The number of ether oxygens (including phenoxy) is 1. The van der Waals surface area contributed by atoms with Gasteiger partial charge in [-0.15, -0.1) is 0 Å². The zero-order valence-corrected chi connectivity index (χ0v) is 20.5. The highest BCUT2D eigenvalue weighted by atomic mass is 16.5. The monoisotopic (exact) mass is 478 g/mol. The standard InChI is InChI=1S/C29H30N6O/c1-20-9-11-21(12-10-20)15-18-36-29-33-27(32-28(34-29)35-16-5-2-6-17-35)30-22-13-14-26-24(19-22)23-7-3-4-8-25(23)31-26/h3-4,7-14,19,31H,2,5-6,15-18H2,1H3,(H,30,32,33,34). The molecule has 3 aromatic carbocycles. The van der Waals surface area contributed by atoms with Crippen LogP contribution < -0.4 is 15.0 Å². The summed E-state index contributed by atoms with van der Waals surface area (Å²) >= 11 is 0. The van der Waals surface area contributed by atoms with Gasteiger partial charge in [-0.2, -0.15) is 15.0 Å². The molecule has 1 aliphatic rings. The van der Waals surface area contributed by atoms with Gasteiger partial charge in [0.1, 0.15) is 0 Å². The van der Waals surface area contributed by atoms with Gasteiger partial charge < -0.3 is 19.9 Å². The van der Waals surface area contributed by atoms with Crippen LogP contribution in [0.2, 0.25) is 0 Å². The highest BCUT2D eigenvalue weighted by Gasteiger charge is 2.17. The number of H-pyrrole nitrogens is 1. The zero-order chi connectivity index (χ0) is 24.3. The van der Waals surface area contributed by atoms with E-state index in [1.807, 2.05) is 12.1 Å². The summed E-state index contributed by atoms with van der Waals surface area (Å²) in [6.45, 7) is 4.51. The third-order valence-electron chi connectivity index (χ3n) is 6.75. The van der Waals surface area contributed by atoms with Gasteiger partial charge in [-0.3, -0.25) is 0 Å². The van der Waals surface area contributed by atoms with Crippen LogP contribution in [-0.4, -0.2) is 39.6 Å². The lowest BCUT2D eigenvalue weighted by Gasteiger charge is -2.26. The van der Waals surface area contributed by atoms with Crippen molar-refractivity contribution in [1.29, 1.82) is 0 Å². The number of anilines is 3. The van der Waals surface area contributed by atoms with Crippen LogP contribution in [0.1, 0.15) is 30.4 Å². The Balaban J connectivity index is 1.26. The predicted octanol–water partition coefficient (Wildman–Crippen LogP) is 6.17. The molecule has 36 heavy (non-hydrogen) atoms. The number of piperidine rings is 1. The molecule has 0 radical (unpaired) electrons. The number of benzene rings is 3. The van der Waals surface area contributed by atoms with E-state index in [2.05, 4.69) is 86.7 Å². The lowest BCUT2D eigenvalue weighted by molar-refractivity contribution is 0.295. The molecule has 182 valence electrons. The van der Waals surface area contributed by atoms with Crippen molar-refractivity contribution >= 4 is 39.4 Å². The Morgan fingerprint density at radius 3 is 2.53 bits per heavy atom. The number of nitrogens with zero attached hydrogens (tertiary/aromatic N) is 4. The maximum Gasteiger partial charge on any atom is 0.323 e. The molecular weight excluding hydrogens is 448 g/mol.